The van der Waals surface area contributed by atoms with Crippen LogP contribution in [0.1, 0.15) is 102 Å². The van der Waals surface area contributed by atoms with Crippen LogP contribution in [0.4, 0.5) is 0 Å². The Balaban J connectivity index is 6.14. The predicted molar refractivity (Wildman–Crippen MR) is 214 cm³/mol. The molecule has 10 atom stereocenters. The molecule has 0 aliphatic carbocycles. The Hall–Kier alpha value is -4.89. The van der Waals surface area contributed by atoms with Crippen molar-refractivity contribution in [3.05, 3.63) is 0 Å². The van der Waals surface area contributed by atoms with Gasteiger partial charge in [-0.05, 0) is 63.7 Å². The summed E-state index contributed by atoms with van der Waals surface area (Å²) in [4.78, 5) is 116. The largest absolute Gasteiger partial charge is 0.481 e. The van der Waals surface area contributed by atoms with Gasteiger partial charge in [0.15, 0.2) is 0 Å². The number of aliphatic hydroxyl groups excluding tert-OH is 2. The Bertz CT molecular complexity index is 1470. The number of nitrogens with two attached hydrogens (primary N) is 1. The summed E-state index contributed by atoms with van der Waals surface area (Å²) in [5, 5.41) is 55.9. The predicted octanol–water partition coefficient (Wildman–Crippen LogP) is -2.16. The molecule has 21 heteroatoms. The Morgan fingerprint density at radius 1 is 0.458 bits per heavy atom. The van der Waals surface area contributed by atoms with E-state index in [2.05, 4.69) is 37.2 Å². The number of carboxylic acids is 2. The first-order valence-electron chi connectivity index (χ1n) is 19.8. The van der Waals surface area contributed by atoms with Crippen LogP contribution < -0.4 is 43.0 Å². The molecule has 13 N–H and O–H groups in total. The van der Waals surface area contributed by atoms with E-state index < -0.39 is 139 Å². The molecule has 21 nitrogen and oxygen atoms in total. The van der Waals surface area contributed by atoms with Crippen molar-refractivity contribution in [1.82, 2.24) is 37.2 Å². The molecule has 0 radical (unpaired) electrons. The lowest BCUT2D eigenvalue weighted by atomic mass is 9.98. The van der Waals surface area contributed by atoms with E-state index in [0.29, 0.717) is 0 Å². The number of nitrogens with one attached hydrogen (secondary N) is 7. The molecule has 0 bridgehead atoms. The molecule has 0 rings (SSSR count). The van der Waals surface area contributed by atoms with Crippen LogP contribution in [0.2, 0.25) is 0 Å². The van der Waals surface area contributed by atoms with E-state index in [4.69, 9.17) is 5.73 Å². The fourth-order valence-electron chi connectivity index (χ4n) is 5.57. The average Bonchev–Trinajstić information content (AvgIpc) is 3.10. The normalized spacial score (nSPS) is 16.6. The fraction of sp³-hybridized carbons (Fsp3) is 0.763. The van der Waals surface area contributed by atoms with Crippen LogP contribution in [0.25, 0.3) is 0 Å². The number of carbonyl (C=O) groups excluding carboxylic acids is 7. The third-order valence-electron chi connectivity index (χ3n) is 9.07. The van der Waals surface area contributed by atoms with E-state index in [1.54, 1.807) is 55.4 Å². The highest BCUT2D eigenvalue weighted by atomic mass is 16.4. The Labute approximate surface area is 345 Å². The Morgan fingerprint density at radius 3 is 1.27 bits per heavy atom. The zero-order valence-corrected chi connectivity index (χ0v) is 36.0. The van der Waals surface area contributed by atoms with Crippen molar-refractivity contribution in [2.24, 2.45) is 29.4 Å². The molecule has 0 saturated carbocycles. The van der Waals surface area contributed by atoms with E-state index in [0.717, 1.165) is 0 Å². The first kappa shape index (κ1) is 54.1. The van der Waals surface area contributed by atoms with E-state index >= 15 is 0 Å². The van der Waals surface area contributed by atoms with Crippen LogP contribution in [-0.4, -0.2) is 134 Å². The van der Waals surface area contributed by atoms with Gasteiger partial charge in [-0.3, -0.25) is 38.4 Å². The first-order valence-corrected chi connectivity index (χ1v) is 19.8. The number of aliphatic hydroxyl groups is 2. The second-order valence-corrected chi connectivity index (χ2v) is 16.4. The van der Waals surface area contributed by atoms with E-state index in [1.165, 1.54) is 20.8 Å². The molecule has 0 spiro atoms. The van der Waals surface area contributed by atoms with Gasteiger partial charge in [0, 0.05) is 6.42 Å². The highest BCUT2D eigenvalue weighted by Crippen LogP contribution is 2.12. The third kappa shape index (κ3) is 19.6. The lowest BCUT2D eigenvalue weighted by Gasteiger charge is -2.29. The van der Waals surface area contributed by atoms with Gasteiger partial charge in [-0.15, -0.1) is 0 Å². The van der Waals surface area contributed by atoms with Crippen LogP contribution in [-0.2, 0) is 43.2 Å². The minimum atomic E-state index is -1.58. The quantitative estimate of drug-likeness (QED) is 0.0442. The van der Waals surface area contributed by atoms with E-state index in [1.807, 2.05) is 0 Å². The summed E-state index contributed by atoms with van der Waals surface area (Å²) in [5.74, 6) is -10.1. The summed E-state index contributed by atoms with van der Waals surface area (Å²) >= 11 is 0. The molecule has 0 heterocycles. The van der Waals surface area contributed by atoms with Crippen LogP contribution in [0.3, 0.4) is 0 Å². The van der Waals surface area contributed by atoms with Crippen LogP contribution in [0.15, 0.2) is 0 Å². The number of aliphatic carboxylic acids is 2. The third-order valence-corrected chi connectivity index (χ3v) is 9.07. The van der Waals surface area contributed by atoms with Crippen LogP contribution >= 0.6 is 0 Å². The summed E-state index contributed by atoms with van der Waals surface area (Å²) in [6.07, 6.45) is -3.54. The van der Waals surface area contributed by atoms with Gasteiger partial charge in [-0.1, -0.05) is 55.4 Å². The lowest BCUT2D eigenvalue weighted by Crippen LogP contribution is -2.61. The SMILES string of the molecule is CC(C)C[C@H](NC(=O)[C@@H](NC(=O)[C@H](C)NC(=O)[C@@H](NC(=O)[C@H](CC(C)C)NC(=O)[C@H](CCC(=O)O)NC(=O)[C@@H](NC(=O)[C@@H](N)[C@@H](C)O)C(C)C)C(C)C)[C@@H](C)O)C(=O)O. The van der Waals surface area contributed by atoms with Gasteiger partial charge in [-0.25, -0.2) is 4.79 Å². The minimum absolute atomic E-state index is 0.0347. The maximum Gasteiger partial charge on any atom is 0.326 e. The van der Waals surface area contributed by atoms with Gasteiger partial charge < -0.3 is 63.4 Å². The lowest BCUT2D eigenvalue weighted by molar-refractivity contribution is -0.143. The molecule has 0 aliphatic rings. The van der Waals surface area contributed by atoms with Gasteiger partial charge in [0.05, 0.1) is 12.2 Å². The molecule has 0 aromatic carbocycles. The zero-order valence-electron chi connectivity index (χ0n) is 36.0. The van der Waals surface area contributed by atoms with Gasteiger partial charge in [0.25, 0.3) is 0 Å². The number of hydrogen-bond acceptors (Lipinski definition) is 12. The summed E-state index contributed by atoms with van der Waals surface area (Å²) in [5.41, 5.74) is 5.70. The average molecular weight is 845 g/mol. The van der Waals surface area contributed by atoms with E-state index in [-0.39, 0.29) is 24.7 Å². The monoisotopic (exact) mass is 844 g/mol. The summed E-state index contributed by atoms with van der Waals surface area (Å²) in [6, 6.07) is -10.9. The number of carboxylic acid groups (broad SMARTS) is 2. The molecular weight excluding hydrogens is 776 g/mol. The summed E-state index contributed by atoms with van der Waals surface area (Å²) in [7, 11) is 0. The molecule has 7 amide bonds. The molecular formula is C38H68N8O13. The second-order valence-electron chi connectivity index (χ2n) is 16.4. The van der Waals surface area contributed by atoms with Gasteiger partial charge in [0.1, 0.15) is 48.3 Å². The topological polar surface area (TPSA) is 345 Å². The second kappa shape index (κ2) is 25.6. The molecule has 0 aromatic heterocycles. The van der Waals surface area contributed by atoms with Crippen molar-refractivity contribution >= 4 is 53.3 Å². The van der Waals surface area contributed by atoms with Crippen LogP contribution in [0.5, 0.6) is 0 Å². The maximum atomic E-state index is 13.7. The molecule has 0 aromatic rings. The molecule has 338 valence electrons. The molecule has 59 heavy (non-hydrogen) atoms. The van der Waals surface area contributed by atoms with Gasteiger partial charge in [-0.2, -0.15) is 0 Å². The van der Waals surface area contributed by atoms with E-state index in [9.17, 15) is 63.6 Å². The van der Waals surface area contributed by atoms with Crippen molar-refractivity contribution in [1.29, 1.82) is 0 Å². The van der Waals surface area contributed by atoms with Crippen molar-refractivity contribution in [2.45, 2.75) is 162 Å². The molecule has 0 saturated heterocycles. The maximum absolute atomic E-state index is 13.7. The van der Waals surface area contributed by atoms with Gasteiger partial charge >= 0.3 is 11.9 Å². The van der Waals surface area contributed by atoms with Crippen molar-refractivity contribution in [3.8, 4) is 0 Å². The Kier molecular flexibility index (Phi) is 23.4. The molecule has 0 aliphatic heterocycles. The minimum Gasteiger partial charge on any atom is -0.481 e. The van der Waals surface area contributed by atoms with Crippen molar-refractivity contribution in [2.75, 3.05) is 0 Å². The fourth-order valence-corrected chi connectivity index (χ4v) is 5.57. The highest BCUT2D eigenvalue weighted by Gasteiger charge is 2.36. The highest BCUT2D eigenvalue weighted by molar-refractivity contribution is 5.97. The zero-order chi connectivity index (χ0) is 46.1. The summed E-state index contributed by atoms with van der Waals surface area (Å²) in [6.45, 7) is 17.2. The number of carbonyl (C=O) groups is 9. The molecule has 0 fully saturated rings. The smallest absolute Gasteiger partial charge is 0.326 e. The Morgan fingerprint density at radius 2 is 0.847 bits per heavy atom. The first-order chi connectivity index (χ1) is 27.1. The van der Waals surface area contributed by atoms with Crippen LogP contribution in [0, 0.1) is 23.7 Å². The van der Waals surface area contributed by atoms with Crippen molar-refractivity contribution in [3.63, 3.8) is 0 Å². The number of hydrogen-bond donors (Lipinski definition) is 12. The van der Waals surface area contributed by atoms with Crippen molar-refractivity contribution < 1.29 is 63.6 Å². The van der Waals surface area contributed by atoms with Gasteiger partial charge in [0.2, 0.25) is 41.4 Å². The number of rotatable bonds is 26. The summed E-state index contributed by atoms with van der Waals surface area (Å²) < 4.78 is 0. The number of amides is 7. The standard InChI is InChI=1S/C38H68N8O13/c1-16(2)14-24(42-32(52)23(12-13-26(49)50)41-36(56)29(19(7)8)45-34(54)27(39)21(10)47)33(53)44-28(18(5)6)35(55)40-20(9)31(51)46-30(22(11)48)37(57)43-25(38(58)59)15-17(3)4/h16-25,27-30,47-48H,12-15,39H2,1-11H3,(H,40,55)(H,41,56)(H,42,52)(H,43,57)(H,44,53)(H,45,54)(H,46,51)(H,49,50)(H,58,59)/t20-,21+,22+,23-,24-,25-,27-,28-,29-,30-/m0/s1. The molecule has 0 unspecified atom stereocenters.